The second kappa shape index (κ2) is 9.14. The lowest BCUT2D eigenvalue weighted by Crippen LogP contribution is -2.15. The maximum absolute atomic E-state index is 13.5. The Bertz CT molecular complexity index is 902. The van der Waals surface area contributed by atoms with Gasteiger partial charge in [-0.25, -0.2) is 4.39 Å². The molecule has 0 spiro atoms. The van der Waals surface area contributed by atoms with Gasteiger partial charge in [0.1, 0.15) is 16.6 Å². The number of carbonyl (C=O) groups excluding carboxylic acids is 1. The largest absolute Gasteiger partial charge is 0.494 e. The standard InChI is InChI=1S/C20H18FN3O2S/c1-2-26-15-9-7-14(8-10-15)17-11-12-20(24-23-17)27-13-19(25)22-18-6-4-3-5-16(18)21/h3-12H,2,13H2,1H3,(H,22,25). The van der Waals surface area contributed by atoms with Crippen molar-refractivity contribution in [1.29, 1.82) is 0 Å². The molecule has 1 heterocycles. The molecule has 0 saturated heterocycles. The average Bonchev–Trinajstić information content (AvgIpc) is 2.69. The van der Waals surface area contributed by atoms with Gasteiger partial charge in [-0.2, -0.15) is 0 Å². The summed E-state index contributed by atoms with van der Waals surface area (Å²) in [5.74, 6) is 0.158. The van der Waals surface area contributed by atoms with E-state index in [1.807, 2.05) is 37.3 Å². The monoisotopic (exact) mass is 383 g/mol. The molecule has 0 aliphatic heterocycles. The SMILES string of the molecule is CCOc1ccc(-c2ccc(SCC(=O)Nc3ccccc3F)nn2)cc1. The highest BCUT2D eigenvalue weighted by Gasteiger charge is 2.08. The van der Waals surface area contributed by atoms with Crippen LogP contribution in [0, 0.1) is 5.82 Å². The van der Waals surface area contributed by atoms with E-state index < -0.39 is 5.82 Å². The third-order valence-corrected chi connectivity index (χ3v) is 4.52. The van der Waals surface area contributed by atoms with E-state index in [9.17, 15) is 9.18 Å². The second-order valence-corrected chi connectivity index (χ2v) is 6.53. The number of thioether (sulfide) groups is 1. The van der Waals surface area contributed by atoms with E-state index in [4.69, 9.17) is 4.74 Å². The highest BCUT2D eigenvalue weighted by molar-refractivity contribution is 7.99. The van der Waals surface area contributed by atoms with Crippen LogP contribution < -0.4 is 10.1 Å². The summed E-state index contributed by atoms with van der Waals surface area (Å²) in [6, 6.07) is 17.3. The minimum atomic E-state index is -0.463. The molecular weight excluding hydrogens is 365 g/mol. The number of benzene rings is 2. The Morgan fingerprint density at radius 1 is 1.07 bits per heavy atom. The number of halogens is 1. The van der Waals surface area contributed by atoms with E-state index in [2.05, 4.69) is 15.5 Å². The first-order valence-corrected chi connectivity index (χ1v) is 9.38. The number of nitrogens with one attached hydrogen (secondary N) is 1. The van der Waals surface area contributed by atoms with E-state index in [0.717, 1.165) is 17.0 Å². The molecule has 0 unspecified atom stereocenters. The first-order chi connectivity index (χ1) is 13.2. The normalized spacial score (nSPS) is 10.4. The summed E-state index contributed by atoms with van der Waals surface area (Å²) >= 11 is 1.24. The summed E-state index contributed by atoms with van der Waals surface area (Å²) in [4.78, 5) is 12.0. The lowest BCUT2D eigenvalue weighted by Gasteiger charge is -2.06. The molecule has 2 aromatic carbocycles. The van der Waals surface area contributed by atoms with Crippen LogP contribution in [0.2, 0.25) is 0 Å². The first kappa shape index (κ1) is 18.8. The van der Waals surface area contributed by atoms with Crippen LogP contribution in [0.25, 0.3) is 11.3 Å². The van der Waals surface area contributed by atoms with E-state index in [0.29, 0.717) is 11.6 Å². The van der Waals surface area contributed by atoms with E-state index in [1.165, 1.54) is 23.9 Å². The smallest absolute Gasteiger partial charge is 0.234 e. The molecule has 27 heavy (non-hydrogen) atoms. The number of carbonyl (C=O) groups is 1. The van der Waals surface area contributed by atoms with Crippen LogP contribution in [-0.2, 0) is 4.79 Å². The second-order valence-electron chi connectivity index (χ2n) is 5.53. The third kappa shape index (κ3) is 5.27. The molecule has 0 aliphatic carbocycles. The van der Waals surface area contributed by atoms with Crippen LogP contribution in [0.5, 0.6) is 5.75 Å². The highest BCUT2D eigenvalue weighted by atomic mass is 32.2. The lowest BCUT2D eigenvalue weighted by atomic mass is 10.1. The summed E-state index contributed by atoms with van der Waals surface area (Å²) in [5.41, 5.74) is 1.83. The average molecular weight is 383 g/mol. The lowest BCUT2D eigenvalue weighted by molar-refractivity contribution is -0.113. The van der Waals surface area contributed by atoms with Gasteiger partial charge in [0, 0.05) is 5.56 Å². The van der Waals surface area contributed by atoms with Gasteiger partial charge in [0.05, 0.1) is 23.7 Å². The van der Waals surface area contributed by atoms with Crippen molar-refractivity contribution in [1.82, 2.24) is 10.2 Å². The summed E-state index contributed by atoms with van der Waals surface area (Å²) in [5, 5.41) is 11.5. The molecule has 3 rings (SSSR count). The maximum atomic E-state index is 13.5. The number of aromatic nitrogens is 2. The molecule has 5 nitrogen and oxygen atoms in total. The van der Waals surface area contributed by atoms with Crippen molar-refractivity contribution in [2.75, 3.05) is 17.7 Å². The zero-order chi connectivity index (χ0) is 19.1. The summed E-state index contributed by atoms with van der Waals surface area (Å²) in [7, 11) is 0. The Balaban J connectivity index is 1.56. The predicted molar refractivity (Wildman–Crippen MR) is 104 cm³/mol. The van der Waals surface area contributed by atoms with Crippen molar-refractivity contribution in [2.24, 2.45) is 0 Å². The third-order valence-electron chi connectivity index (χ3n) is 3.60. The fraction of sp³-hybridized carbons (Fsp3) is 0.150. The Hall–Kier alpha value is -2.93. The molecule has 1 aromatic heterocycles. The number of hydrogen-bond donors (Lipinski definition) is 1. The fourth-order valence-corrected chi connectivity index (χ4v) is 2.94. The van der Waals surface area contributed by atoms with Gasteiger partial charge in [-0.1, -0.05) is 23.9 Å². The fourth-order valence-electron chi connectivity index (χ4n) is 2.33. The van der Waals surface area contributed by atoms with Crippen LogP contribution in [-0.4, -0.2) is 28.5 Å². The van der Waals surface area contributed by atoms with E-state index >= 15 is 0 Å². The number of nitrogens with zero attached hydrogens (tertiary/aromatic N) is 2. The van der Waals surface area contributed by atoms with Crippen LogP contribution >= 0.6 is 11.8 Å². The predicted octanol–water partition coefficient (Wildman–Crippen LogP) is 4.41. The van der Waals surface area contributed by atoms with Gasteiger partial charge in [-0.15, -0.1) is 10.2 Å². The number of ether oxygens (including phenoxy) is 1. The van der Waals surface area contributed by atoms with Gasteiger partial charge in [-0.3, -0.25) is 4.79 Å². The minimum Gasteiger partial charge on any atom is -0.494 e. The zero-order valence-corrected chi connectivity index (χ0v) is 15.5. The van der Waals surface area contributed by atoms with Gasteiger partial charge in [-0.05, 0) is 55.5 Å². The summed E-state index contributed by atoms with van der Waals surface area (Å²) < 4.78 is 19.0. The molecular formula is C20H18FN3O2S. The van der Waals surface area contributed by atoms with Gasteiger partial charge < -0.3 is 10.1 Å². The number of para-hydroxylation sites is 1. The Morgan fingerprint density at radius 3 is 2.52 bits per heavy atom. The van der Waals surface area contributed by atoms with Crippen molar-refractivity contribution in [2.45, 2.75) is 11.9 Å². The maximum Gasteiger partial charge on any atom is 0.234 e. The van der Waals surface area contributed by atoms with Crippen molar-refractivity contribution < 1.29 is 13.9 Å². The van der Waals surface area contributed by atoms with Crippen molar-refractivity contribution >= 4 is 23.4 Å². The first-order valence-electron chi connectivity index (χ1n) is 8.40. The molecule has 1 N–H and O–H groups in total. The van der Waals surface area contributed by atoms with Gasteiger partial charge in [0.15, 0.2) is 0 Å². The molecule has 0 bridgehead atoms. The Labute approximate surface area is 161 Å². The van der Waals surface area contributed by atoms with Gasteiger partial charge in [0.25, 0.3) is 0 Å². The summed E-state index contributed by atoms with van der Waals surface area (Å²) in [6.45, 7) is 2.56. The van der Waals surface area contributed by atoms with Crippen LogP contribution in [0.15, 0.2) is 65.7 Å². The van der Waals surface area contributed by atoms with E-state index in [1.54, 1.807) is 18.2 Å². The molecule has 0 radical (unpaired) electrons. The van der Waals surface area contributed by atoms with Gasteiger partial charge >= 0.3 is 0 Å². The number of anilines is 1. The molecule has 0 atom stereocenters. The topological polar surface area (TPSA) is 64.1 Å². The molecule has 0 aliphatic rings. The molecule has 1 amide bonds. The molecule has 3 aromatic rings. The van der Waals surface area contributed by atoms with Crippen LogP contribution in [0.3, 0.4) is 0 Å². The van der Waals surface area contributed by atoms with Crippen LogP contribution in [0.1, 0.15) is 6.92 Å². The highest BCUT2D eigenvalue weighted by Crippen LogP contribution is 2.22. The van der Waals surface area contributed by atoms with Gasteiger partial charge in [0.2, 0.25) is 5.91 Å². The summed E-state index contributed by atoms with van der Waals surface area (Å²) in [6.07, 6.45) is 0. The minimum absolute atomic E-state index is 0.116. The quantitative estimate of drug-likeness (QED) is 0.612. The van der Waals surface area contributed by atoms with Crippen molar-refractivity contribution in [3.63, 3.8) is 0 Å². The molecule has 138 valence electrons. The van der Waals surface area contributed by atoms with E-state index in [-0.39, 0.29) is 17.3 Å². The number of rotatable bonds is 7. The Kier molecular flexibility index (Phi) is 6.38. The Morgan fingerprint density at radius 2 is 1.85 bits per heavy atom. The van der Waals surface area contributed by atoms with Crippen molar-refractivity contribution in [3.05, 3.63) is 66.5 Å². The number of amides is 1. The molecule has 0 fully saturated rings. The molecule has 7 heteroatoms. The van der Waals surface area contributed by atoms with Crippen LogP contribution in [0.4, 0.5) is 10.1 Å². The number of hydrogen-bond acceptors (Lipinski definition) is 5. The van der Waals surface area contributed by atoms with Crippen molar-refractivity contribution in [3.8, 4) is 17.0 Å². The molecule has 0 saturated carbocycles. The zero-order valence-electron chi connectivity index (χ0n) is 14.7.